The SMILES string of the molecule is CC(C)(C)c1cc(NC(=O)C(F)(F)F)n(CCC2CC2)n1. The molecule has 1 aliphatic rings. The van der Waals surface area contributed by atoms with Crippen molar-refractivity contribution < 1.29 is 18.0 Å². The minimum absolute atomic E-state index is 0.114. The van der Waals surface area contributed by atoms with Crippen LogP contribution in [0, 0.1) is 5.92 Å². The van der Waals surface area contributed by atoms with E-state index < -0.39 is 12.1 Å². The smallest absolute Gasteiger partial charge is 0.303 e. The summed E-state index contributed by atoms with van der Waals surface area (Å²) in [6, 6.07) is 1.52. The van der Waals surface area contributed by atoms with E-state index >= 15 is 0 Å². The predicted molar refractivity (Wildman–Crippen MR) is 73.0 cm³/mol. The highest BCUT2D eigenvalue weighted by atomic mass is 19.4. The third kappa shape index (κ3) is 4.22. The van der Waals surface area contributed by atoms with Crippen LogP contribution in [0.15, 0.2) is 6.07 Å². The number of alkyl halides is 3. The molecule has 1 aromatic rings. The first-order valence-electron chi connectivity index (χ1n) is 7.04. The van der Waals surface area contributed by atoms with Crippen LogP contribution in [0.3, 0.4) is 0 Å². The van der Waals surface area contributed by atoms with Gasteiger partial charge >= 0.3 is 12.1 Å². The Bertz CT molecular complexity index is 525. The number of aryl methyl sites for hydroxylation is 1. The van der Waals surface area contributed by atoms with Crippen molar-refractivity contribution in [1.29, 1.82) is 0 Å². The molecule has 0 radical (unpaired) electrons. The summed E-state index contributed by atoms with van der Waals surface area (Å²) in [6.07, 6.45) is -1.69. The predicted octanol–water partition coefficient (Wildman–Crippen LogP) is 3.48. The van der Waals surface area contributed by atoms with Gasteiger partial charge in [0.25, 0.3) is 0 Å². The Morgan fingerprint density at radius 1 is 1.38 bits per heavy atom. The van der Waals surface area contributed by atoms with Crippen LogP contribution in [0.1, 0.15) is 45.7 Å². The summed E-state index contributed by atoms with van der Waals surface area (Å²) in [5.74, 6) is -1.21. The van der Waals surface area contributed by atoms with Gasteiger partial charge in [0.05, 0.1) is 5.69 Å². The van der Waals surface area contributed by atoms with E-state index in [1.165, 1.54) is 10.7 Å². The highest BCUT2D eigenvalue weighted by Crippen LogP contribution is 2.33. The van der Waals surface area contributed by atoms with Gasteiger partial charge in [-0.1, -0.05) is 33.6 Å². The summed E-state index contributed by atoms with van der Waals surface area (Å²) in [6.45, 7) is 6.30. The zero-order valence-corrected chi connectivity index (χ0v) is 12.4. The lowest BCUT2D eigenvalue weighted by Gasteiger charge is -2.14. The Hall–Kier alpha value is -1.53. The molecule has 0 atom stereocenters. The number of nitrogens with zero attached hydrogens (tertiary/aromatic N) is 2. The maximum absolute atomic E-state index is 12.4. The van der Waals surface area contributed by atoms with Gasteiger partial charge in [-0.15, -0.1) is 0 Å². The summed E-state index contributed by atoms with van der Waals surface area (Å²) >= 11 is 0. The molecule has 0 bridgehead atoms. The Morgan fingerprint density at radius 2 is 2.00 bits per heavy atom. The highest BCUT2D eigenvalue weighted by Gasteiger charge is 2.39. The fourth-order valence-electron chi connectivity index (χ4n) is 1.95. The van der Waals surface area contributed by atoms with Crippen LogP contribution in [-0.4, -0.2) is 21.9 Å². The van der Waals surface area contributed by atoms with E-state index in [1.807, 2.05) is 26.1 Å². The second-order valence-corrected chi connectivity index (χ2v) is 6.57. The molecular formula is C14H20F3N3O. The number of rotatable bonds is 4. The number of halogens is 3. The van der Waals surface area contributed by atoms with Crippen molar-refractivity contribution >= 4 is 11.7 Å². The van der Waals surface area contributed by atoms with E-state index in [0.717, 1.165) is 19.3 Å². The van der Waals surface area contributed by atoms with Gasteiger partial charge in [0.2, 0.25) is 0 Å². The Balaban J connectivity index is 2.19. The number of carbonyl (C=O) groups is 1. The van der Waals surface area contributed by atoms with Crippen LogP contribution in [0.5, 0.6) is 0 Å². The zero-order valence-electron chi connectivity index (χ0n) is 12.4. The Labute approximate surface area is 121 Å². The first-order chi connectivity index (χ1) is 9.57. The molecule has 2 rings (SSSR count). The van der Waals surface area contributed by atoms with Crippen LogP contribution in [0.2, 0.25) is 0 Å². The number of carbonyl (C=O) groups excluding carboxylic acids is 1. The number of anilines is 1. The minimum atomic E-state index is -4.90. The van der Waals surface area contributed by atoms with Crippen LogP contribution in [0.4, 0.5) is 19.0 Å². The average Bonchev–Trinajstić information content (AvgIpc) is 3.05. The van der Waals surface area contributed by atoms with E-state index in [2.05, 4.69) is 5.10 Å². The van der Waals surface area contributed by atoms with Crippen molar-refractivity contribution in [3.05, 3.63) is 11.8 Å². The number of hydrogen-bond acceptors (Lipinski definition) is 2. The molecule has 4 nitrogen and oxygen atoms in total. The highest BCUT2D eigenvalue weighted by molar-refractivity contribution is 5.94. The lowest BCUT2D eigenvalue weighted by molar-refractivity contribution is -0.167. The molecule has 0 aromatic carbocycles. The van der Waals surface area contributed by atoms with Crippen molar-refractivity contribution in [1.82, 2.24) is 9.78 Å². The van der Waals surface area contributed by atoms with Crippen LogP contribution >= 0.6 is 0 Å². The molecule has 1 N–H and O–H groups in total. The van der Waals surface area contributed by atoms with Crippen molar-refractivity contribution in [3.8, 4) is 0 Å². The van der Waals surface area contributed by atoms with Gasteiger partial charge in [-0.25, -0.2) is 4.68 Å². The van der Waals surface area contributed by atoms with E-state index in [0.29, 0.717) is 18.2 Å². The van der Waals surface area contributed by atoms with Gasteiger partial charge in [0.1, 0.15) is 5.82 Å². The van der Waals surface area contributed by atoms with Gasteiger partial charge in [0, 0.05) is 18.0 Å². The van der Waals surface area contributed by atoms with Gasteiger partial charge in [-0.3, -0.25) is 4.79 Å². The fourth-order valence-corrected chi connectivity index (χ4v) is 1.95. The van der Waals surface area contributed by atoms with Gasteiger partial charge in [-0.05, 0) is 12.3 Å². The van der Waals surface area contributed by atoms with Crippen molar-refractivity contribution in [3.63, 3.8) is 0 Å². The molecule has 1 aliphatic carbocycles. The van der Waals surface area contributed by atoms with Crippen LogP contribution in [-0.2, 0) is 16.8 Å². The molecule has 0 unspecified atom stereocenters. The molecule has 0 saturated heterocycles. The fraction of sp³-hybridized carbons (Fsp3) is 0.714. The lowest BCUT2D eigenvalue weighted by Crippen LogP contribution is -2.31. The number of aromatic nitrogens is 2. The minimum Gasteiger partial charge on any atom is -0.303 e. The third-order valence-electron chi connectivity index (χ3n) is 3.49. The second-order valence-electron chi connectivity index (χ2n) is 6.57. The van der Waals surface area contributed by atoms with E-state index in [-0.39, 0.29) is 11.2 Å². The normalized spacial score (nSPS) is 16.1. The third-order valence-corrected chi connectivity index (χ3v) is 3.49. The van der Waals surface area contributed by atoms with Gasteiger partial charge in [-0.2, -0.15) is 18.3 Å². The molecule has 1 heterocycles. The molecule has 0 aliphatic heterocycles. The summed E-state index contributed by atoms with van der Waals surface area (Å²) in [7, 11) is 0. The second kappa shape index (κ2) is 5.35. The van der Waals surface area contributed by atoms with E-state index in [9.17, 15) is 18.0 Å². The summed E-state index contributed by atoms with van der Waals surface area (Å²) in [4.78, 5) is 11.1. The standard InChI is InChI=1S/C14H20F3N3O/c1-13(2,3)10-8-11(18-12(21)14(15,16)17)20(19-10)7-6-9-4-5-9/h8-9H,4-7H2,1-3H3,(H,18,21). The lowest BCUT2D eigenvalue weighted by atomic mass is 9.92. The van der Waals surface area contributed by atoms with Crippen LogP contribution < -0.4 is 5.32 Å². The largest absolute Gasteiger partial charge is 0.471 e. The molecule has 1 fully saturated rings. The molecule has 1 saturated carbocycles. The Kier molecular flexibility index (Phi) is 4.04. The van der Waals surface area contributed by atoms with Crippen molar-refractivity contribution in [2.45, 2.75) is 58.2 Å². The van der Waals surface area contributed by atoms with E-state index in [1.54, 1.807) is 0 Å². The monoisotopic (exact) mass is 303 g/mol. The zero-order chi connectivity index (χ0) is 15.8. The molecule has 1 amide bonds. The van der Waals surface area contributed by atoms with Gasteiger partial charge in [0.15, 0.2) is 0 Å². The quantitative estimate of drug-likeness (QED) is 0.925. The summed E-state index contributed by atoms with van der Waals surface area (Å²) in [5.41, 5.74) is 0.374. The summed E-state index contributed by atoms with van der Waals surface area (Å²) < 4.78 is 38.6. The number of amides is 1. The first-order valence-corrected chi connectivity index (χ1v) is 7.04. The summed E-state index contributed by atoms with van der Waals surface area (Å²) in [5, 5.41) is 6.27. The van der Waals surface area contributed by atoms with Crippen LogP contribution in [0.25, 0.3) is 0 Å². The maximum Gasteiger partial charge on any atom is 0.471 e. The first kappa shape index (κ1) is 15.9. The molecule has 1 aromatic heterocycles. The maximum atomic E-state index is 12.4. The van der Waals surface area contributed by atoms with Crippen molar-refractivity contribution in [2.75, 3.05) is 5.32 Å². The topological polar surface area (TPSA) is 46.9 Å². The molecule has 0 spiro atoms. The Morgan fingerprint density at radius 3 is 2.48 bits per heavy atom. The van der Waals surface area contributed by atoms with E-state index in [4.69, 9.17) is 0 Å². The van der Waals surface area contributed by atoms with Gasteiger partial charge < -0.3 is 5.32 Å². The molecule has 21 heavy (non-hydrogen) atoms. The number of hydrogen-bond donors (Lipinski definition) is 1. The molecule has 118 valence electrons. The molecule has 7 heteroatoms. The average molecular weight is 303 g/mol. The molecular weight excluding hydrogens is 283 g/mol. The van der Waals surface area contributed by atoms with Crippen molar-refractivity contribution in [2.24, 2.45) is 5.92 Å². The number of nitrogens with one attached hydrogen (secondary N) is 1.